The normalized spacial score (nSPS) is 11.7. The first kappa shape index (κ1) is 15.8. The van der Waals surface area contributed by atoms with Gasteiger partial charge in [-0.2, -0.15) is 13.2 Å². The van der Waals surface area contributed by atoms with Crippen molar-refractivity contribution in [2.75, 3.05) is 24.5 Å². The first-order chi connectivity index (χ1) is 8.93. The van der Waals surface area contributed by atoms with Crippen LogP contribution >= 0.6 is 0 Å². The lowest BCUT2D eigenvalue weighted by atomic mass is 10.0. The molecule has 0 fully saturated rings. The topological polar surface area (TPSA) is 29.3 Å². The second-order valence-corrected chi connectivity index (χ2v) is 4.47. The molecule has 0 heterocycles. The number of nitrogens with two attached hydrogens (primary N) is 1. The van der Waals surface area contributed by atoms with Gasteiger partial charge in [0, 0.05) is 18.8 Å². The predicted octanol–water partition coefficient (Wildman–Crippen LogP) is 3.44. The van der Waals surface area contributed by atoms with Crippen molar-refractivity contribution in [3.8, 4) is 0 Å². The van der Waals surface area contributed by atoms with Gasteiger partial charge in [0.05, 0.1) is 5.56 Å². The number of benzene rings is 1. The Morgan fingerprint density at radius 1 is 1.21 bits per heavy atom. The van der Waals surface area contributed by atoms with E-state index in [2.05, 4.69) is 0 Å². The van der Waals surface area contributed by atoms with Crippen molar-refractivity contribution in [1.29, 1.82) is 0 Å². The summed E-state index contributed by atoms with van der Waals surface area (Å²) in [6.07, 6.45) is -3.06. The zero-order chi connectivity index (χ0) is 14.5. The third-order valence-corrected chi connectivity index (χ3v) is 3.02. The molecule has 0 saturated carbocycles. The lowest BCUT2D eigenvalue weighted by molar-refractivity contribution is -0.137. The van der Waals surface area contributed by atoms with Crippen molar-refractivity contribution in [2.45, 2.75) is 32.9 Å². The molecule has 0 aliphatic rings. The van der Waals surface area contributed by atoms with Crippen molar-refractivity contribution in [2.24, 2.45) is 5.73 Å². The van der Waals surface area contributed by atoms with Crippen LogP contribution in [0, 0.1) is 0 Å². The molecule has 2 nitrogen and oxygen atoms in total. The second-order valence-electron chi connectivity index (χ2n) is 4.47. The molecule has 0 radical (unpaired) electrons. The standard InChI is InChI=1S/C14H21F3N2/c1-3-9-19(4-2)13-6-5-11(7-8-18)10-12(13)14(15,16)17/h5-6,10H,3-4,7-9,18H2,1-2H3. The van der Waals surface area contributed by atoms with Gasteiger partial charge in [-0.15, -0.1) is 0 Å². The van der Waals surface area contributed by atoms with Crippen molar-refractivity contribution in [3.05, 3.63) is 29.3 Å². The number of alkyl halides is 3. The summed E-state index contributed by atoms with van der Waals surface area (Å²) in [7, 11) is 0. The summed E-state index contributed by atoms with van der Waals surface area (Å²) in [5.41, 5.74) is 5.73. The molecule has 0 unspecified atom stereocenters. The van der Waals surface area contributed by atoms with E-state index < -0.39 is 11.7 Å². The molecule has 0 aromatic heterocycles. The Kier molecular flexibility index (Phi) is 5.66. The van der Waals surface area contributed by atoms with E-state index >= 15 is 0 Å². The molecule has 0 aliphatic heterocycles. The van der Waals surface area contributed by atoms with Crippen LogP contribution in [0.25, 0.3) is 0 Å². The molecular formula is C14H21F3N2. The molecule has 0 atom stereocenters. The Bertz CT molecular complexity index is 402. The average Bonchev–Trinajstić information content (AvgIpc) is 2.35. The lowest BCUT2D eigenvalue weighted by Gasteiger charge is -2.26. The summed E-state index contributed by atoms with van der Waals surface area (Å²) in [6.45, 7) is 5.36. The molecule has 1 aromatic carbocycles. The molecule has 108 valence electrons. The van der Waals surface area contributed by atoms with Crippen LogP contribution in [0.2, 0.25) is 0 Å². The van der Waals surface area contributed by atoms with Crippen molar-refractivity contribution in [3.63, 3.8) is 0 Å². The molecule has 19 heavy (non-hydrogen) atoms. The van der Waals surface area contributed by atoms with Gasteiger partial charge in [0.2, 0.25) is 0 Å². The minimum atomic E-state index is -4.33. The van der Waals surface area contributed by atoms with Crippen LogP contribution in [0.4, 0.5) is 18.9 Å². The average molecular weight is 274 g/mol. The van der Waals surface area contributed by atoms with Gasteiger partial charge in [-0.05, 0) is 44.0 Å². The number of nitrogens with zero attached hydrogens (tertiary/aromatic N) is 1. The number of halogens is 3. The molecule has 0 bridgehead atoms. The lowest BCUT2D eigenvalue weighted by Crippen LogP contribution is -2.26. The van der Waals surface area contributed by atoms with E-state index in [1.165, 1.54) is 6.07 Å². The van der Waals surface area contributed by atoms with E-state index in [0.29, 0.717) is 31.6 Å². The van der Waals surface area contributed by atoms with Crippen LogP contribution < -0.4 is 10.6 Å². The maximum Gasteiger partial charge on any atom is 0.418 e. The Morgan fingerprint density at radius 3 is 2.37 bits per heavy atom. The summed E-state index contributed by atoms with van der Waals surface area (Å²) in [5.74, 6) is 0. The monoisotopic (exact) mass is 274 g/mol. The second kappa shape index (κ2) is 6.80. The molecular weight excluding hydrogens is 253 g/mol. The van der Waals surface area contributed by atoms with Crippen LogP contribution in [0.3, 0.4) is 0 Å². The van der Waals surface area contributed by atoms with E-state index in [0.717, 1.165) is 6.42 Å². The third kappa shape index (κ3) is 4.13. The summed E-state index contributed by atoms with van der Waals surface area (Å²) in [6, 6.07) is 4.52. The van der Waals surface area contributed by atoms with Crippen LogP contribution in [0.1, 0.15) is 31.4 Å². The largest absolute Gasteiger partial charge is 0.418 e. The summed E-state index contributed by atoms with van der Waals surface area (Å²) in [5, 5.41) is 0. The molecule has 0 spiro atoms. The van der Waals surface area contributed by atoms with Crippen LogP contribution in [0.15, 0.2) is 18.2 Å². The van der Waals surface area contributed by atoms with Gasteiger partial charge in [0.15, 0.2) is 0 Å². The van der Waals surface area contributed by atoms with E-state index in [-0.39, 0.29) is 5.69 Å². The number of hydrogen-bond acceptors (Lipinski definition) is 2. The van der Waals surface area contributed by atoms with E-state index in [4.69, 9.17) is 5.73 Å². The number of hydrogen-bond donors (Lipinski definition) is 1. The summed E-state index contributed by atoms with van der Waals surface area (Å²) < 4.78 is 39.4. The van der Waals surface area contributed by atoms with Gasteiger partial charge in [0.1, 0.15) is 0 Å². The molecule has 2 N–H and O–H groups in total. The van der Waals surface area contributed by atoms with Crippen LogP contribution in [-0.2, 0) is 12.6 Å². The zero-order valence-electron chi connectivity index (χ0n) is 11.4. The highest BCUT2D eigenvalue weighted by Gasteiger charge is 2.34. The van der Waals surface area contributed by atoms with Crippen molar-refractivity contribution < 1.29 is 13.2 Å². The summed E-state index contributed by atoms with van der Waals surface area (Å²) in [4.78, 5) is 1.76. The van der Waals surface area contributed by atoms with Gasteiger partial charge in [-0.25, -0.2) is 0 Å². The highest BCUT2D eigenvalue weighted by Crippen LogP contribution is 2.37. The van der Waals surface area contributed by atoms with Gasteiger partial charge in [-0.3, -0.25) is 0 Å². The van der Waals surface area contributed by atoms with Crippen LogP contribution in [0.5, 0.6) is 0 Å². The first-order valence-corrected chi connectivity index (χ1v) is 6.59. The van der Waals surface area contributed by atoms with Gasteiger partial charge in [-0.1, -0.05) is 13.0 Å². The van der Waals surface area contributed by atoms with E-state index in [1.807, 2.05) is 13.8 Å². The SMILES string of the molecule is CCCN(CC)c1ccc(CCN)cc1C(F)(F)F. The maximum atomic E-state index is 13.1. The maximum absolute atomic E-state index is 13.1. The Balaban J connectivity index is 3.22. The molecule has 0 aliphatic carbocycles. The minimum Gasteiger partial charge on any atom is -0.371 e. The van der Waals surface area contributed by atoms with Gasteiger partial charge >= 0.3 is 6.18 Å². The number of rotatable bonds is 6. The smallest absolute Gasteiger partial charge is 0.371 e. The molecule has 0 saturated heterocycles. The molecule has 5 heteroatoms. The molecule has 0 amide bonds. The molecule has 1 aromatic rings. The Labute approximate surface area is 112 Å². The quantitative estimate of drug-likeness (QED) is 0.861. The van der Waals surface area contributed by atoms with Crippen molar-refractivity contribution in [1.82, 2.24) is 0 Å². The zero-order valence-corrected chi connectivity index (χ0v) is 11.4. The van der Waals surface area contributed by atoms with Gasteiger partial charge < -0.3 is 10.6 Å². The van der Waals surface area contributed by atoms with E-state index in [9.17, 15) is 13.2 Å². The third-order valence-electron chi connectivity index (χ3n) is 3.02. The fourth-order valence-corrected chi connectivity index (χ4v) is 2.13. The summed E-state index contributed by atoms with van der Waals surface area (Å²) >= 11 is 0. The van der Waals surface area contributed by atoms with E-state index in [1.54, 1.807) is 17.0 Å². The van der Waals surface area contributed by atoms with Crippen molar-refractivity contribution >= 4 is 5.69 Å². The highest BCUT2D eigenvalue weighted by atomic mass is 19.4. The number of anilines is 1. The first-order valence-electron chi connectivity index (χ1n) is 6.59. The van der Waals surface area contributed by atoms with Crippen LogP contribution in [-0.4, -0.2) is 19.6 Å². The Hall–Kier alpha value is -1.23. The fourth-order valence-electron chi connectivity index (χ4n) is 2.13. The Morgan fingerprint density at radius 2 is 1.89 bits per heavy atom. The minimum absolute atomic E-state index is 0.262. The van der Waals surface area contributed by atoms with Gasteiger partial charge in [0.25, 0.3) is 0 Å². The highest BCUT2D eigenvalue weighted by molar-refractivity contribution is 5.56. The fraction of sp³-hybridized carbons (Fsp3) is 0.571. The predicted molar refractivity (Wildman–Crippen MR) is 72.4 cm³/mol. The molecule has 1 rings (SSSR count).